The molecule has 0 saturated carbocycles. The van der Waals surface area contributed by atoms with Crippen molar-refractivity contribution in [2.75, 3.05) is 0 Å². The molecule has 0 aliphatic rings. The lowest BCUT2D eigenvalue weighted by molar-refractivity contribution is 0.582. The van der Waals surface area contributed by atoms with Crippen molar-refractivity contribution in [1.82, 2.24) is 0 Å². The Balaban J connectivity index is 2.35. The summed E-state index contributed by atoms with van der Waals surface area (Å²) in [5, 5.41) is 2.18. The summed E-state index contributed by atoms with van der Waals surface area (Å²) in [5.41, 5.74) is 7.36. The second kappa shape index (κ2) is 5.98. The van der Waals surface area contributed by atoms with Crippen LogP contribution in [0.25, 0.3) is 0 Å². The van der Waals surface area contributed by atoms with Crippen LogP contribution in [0, 0.1) is 2.88 Å². The number of thiophene rings is 1. The van der Waals surface area contributed by atoms with Gasteiger partial charge >= 0.3 is 0 Å². The largest absolute Gasteiger partial charge is 0.324 e. The Hall–Kier alpha value is 0.390. The van der Waals surface area contributed by atoms with Gasteiger partial charge in [0.25, 0.3) is 0 Å². The molecule has 3 heteroatoms. The molecular formula is C10H16INS. The summed E-state index contributed by atoms with van der Waals surface area (Å²) in [6.07, 6.45) is 4.95. The second-order valence-electron chi connectivity index (χ2n) is 3.29. The zero-order valence-electron chi connectivity index (χ0n) is 7.92. The van der Waals surface area contributed by atoms with Crippen LogP contribution in [0.2, 0.25) is 0 Å². The Labute approximate surface area is 97.9 Å². The van der Waals surface area contributed by atoms with E-state index in [2.05, 4.69) is 41.0 Å². The van der Waals surface area contributed by atoms with E-state index in [9.17, 15) is 0 Å². The minimum atomic E-state index is 0.256. The highest BCUT2D eigenvalue weighted by Crippen LogP contribution is 2.24. The first kappa shape index (κ1) is 11.5. The number of unbranched alkanes of at least 4 members (excludes halogenated alkanes) is 2. The topological polar surface area (TPSA) is 26.0 Å². The van der Waals surface area contributed by atoms with Crippen molar-refractivity contribution in [1.29, 1.82) is 0 Å². The Morgan fingerprint density at radius 3 is 2.85 bits per heavy atom. The van der Waals surface area contributed by atoms with Gasteiger partial charge in [-0.15, -0.1) is 11.3 Å². The highest BCUT2D eigenvalue weighted by Gasteiger charge is 2.06. The molecule has 0 aliphatic heterocycles. The fraction of sp³-hybridized carbons (Fsp3) is 0.600. The normalized spacial score (nSPS) is 13.2. The summed E-state index contributed by atoms with van der Waals surface area (Å²) >= 11 is 4.12. The first-order valence-corrected chi connectivity index (χ1v) is 6.69. The van der Waals surface area contributed by atoms with Crippen LogP contribution in [0.4, 0.5) is 0 Å². The van der Waals surface area contributed by atoms with E-state index in [-0.39, 0.29) is 6.04 Å². The third-order valence-electron chi connectivity index (χ3n) is 2.13. The van der Waals surface area contributed by atoms with Crippen LogP contribution in [-0.4, -0.2) is 0 Å². The number of halogens is 1. The molecule has 0 aliphatic carbocycles. The van der Waals surface area contributed by atoms with Crippen LogP contribution in [0.5, 0.6) is 0 Å². The van der Waals surface area contributed by atoms with E-state index in [1.165, 1.54) is 27.7 Å². The van der Waals surface area contributed by atoms with Crippen LogP contribution in [-0.2, 0) is 0 Å². The molecule has 1 atom stereocenters. The van der Waals surface area contributed by atoms with Crippen LogP contribution >= 0.6 is 33.9 Å². The van der Waals surface area contributed by atoms with Gasteiger partial charge in [-0.25, -0.2) is 0 Å². The minimum Gasteiger partial charge on any atom is -0.324 e. The van der Waals surface area contributed by atoms with Crippen molar-refractivity contribution in [2.24, 2.45) is 5.73 Å². The molecule has 1 nitrogen and oxygen atoms in total. The summed E-state index contributed by atoms with van der Waals surface area (Å²) in [7, 11) is 0. The summed E-state index contributed by atoms with van der Waals surface area (Å²) in [5.74, 6) is 0. The average molecular weight is 309 g/mol. The van der Waals surface area contributed by atoms with Gasteiger partial charge in [0.2, 0.25) is 0 Å². The van der Waals surface area contributed by atoms with Gasteiger partial charge in [-0.05, 0) is 46.0 Å². The van der Waals surface area contributed by atoms with E-state index in [0.29, 0.717) is 0 Å². The molecule has 0 amide bonds. The van der Waals surface area contributed by atoms with Crippen molar-refractivity contribution in [3.8, 4) is 0 Å². The van der Waals surface area contributed by atoms with Crippen molar-refractivity contribution in [3.63, 3.8) is 0 Å². The van der Waals surface area contributed by atoms with E-state index in [0.717, 1.165) is 6.42 Å². The molecule has 0 fully saturated rings. The lowest BCUT2D eigenvalue weighted by atomic mass is 10.0. The van der Waals surface area contributed by atoms with E-state index in [1.54, 1.807) is 11.3 Å². The third-order valence-corrected chi connectivity index (χ3v) is 3.94. The molecule has 0 spiro atoms. The van der Waals surface area contributed by atoms with Crippen molar-refractivity contribution in [2.45, 2.75) is 38.6 Å². The average Bonchev–Trinajstić information content (AvgIpc) is 2.52. The fourth-order valence-corrected chi connectivity index (χ4v) is 2.74. The molecule has 13 heavy (non-hydrogen) atoms. The number of hydrogen-bond acceptors (Lipinski definition) is 2. The predicted molar refractivity (Wildman–Crippen MR) is 68.1 cm³/mol. The molecule has 1 rings (SSSR count). The number of nitrogens with two attached hydrogens (primary N) is 1. The van der Waals surface area contributed by atoms with Gasteiger partial charge < -0.3 is 5.73 Å². The summed E-state index contributed by atoms with van der Waals surface area (Å²) in [4.78, 5) is 0. The van der Waals surface area contributed by atoms with Crippen LogP contribution < -0.4 is 5.73 Å². The summed E-state index contributed by atoms with van der Waals surface area (Å²) < 4.78 is 1.33. The summed E-state index contributed by atoms with van der Waals surface area (Å²) in [6.45, 7) is 2.22. The highest BCUT2D eigenvalue weighted by molar-refractivity contribution is 14.1. The Morgan fingerprint density at radius 2 is 2.31 bits per heavy atom. The Kier molecular flexibility index (Phi) is 5.28. The predicted octanol–water partition coefficient (Wildman–Crippen LogP) is 3.93. The smallest absolute Gasteiger partial charge is 0.0656 e. The molecular weight excluding hydrogens is 293 g/mol. The number of hydrogen-bond donors (Lipinski definition) is 1. The molecule has 0 aromatic carbocycles. The van der Waals surface area contributed by atoms with Crippen LogP contribution in [0.3, 0.4) is 0 Å². The standard InChI is InChI=1S/C10H16INS/c1-2-3-4-5-9(12)8-6-10(11)13-7-8/h6-7,9H,2-5,12H2,1H3. The Bertz CT molecular complexity index is 247. The highest BCUT2D eigenvalue weighted by atomic mass is 127. The zero-order chi connectivity index (χ0) is 9.68. The first-order chi connectivity index (χ1) is 6.24. The first-order valence-electron chi connectivity index (χ1n) is 4.73. The maximum atomic E-state index is 6.05. The molecule has 1 aromatic heterocycles. The minimum absolute atomic E-state index is 0.256. The van der Waals surface area contributed by atoms with Crippen molar-refractivity contribution >= 4 is 33.9 Å². The van der Waals surface area contributed by atoms with E-state index in [1.807, 2.05) is 0 Å². The molecule has 1 unspecified atom stereocenters. The lowest BCUT2D eigenvalue weighted by Crippen LogP contribution is -2.08. The molecule has 0 radical (unpaired) electrons. The van der Waals surface area contributed by atoms with Crippen LogP contribution in [0.1, 0.15) is 44.2 Å². The summed E-state index contributed by atoms with van der Waals surface area (Å²) in [6, 6.07) is 2.45. The van der Waals surface area contributed by atoms with Gasteiger partial charge in [-0.1, -0.05) is 26.2 Å². The maximum absolute atomic E-state index is 6.05. The number of rotatable bonds is 5. The van der Waals surface area contributed by atoms with Crippen molar-refractivity contribution < 1.29 is 0 Å². The van der Waals surface area contributed by atoms with E-state index >= 15 is 0 Å². The quantitative estimate of drug-likeness (QED) is 0.647. The lowest BCUT2D eigenvalue weighted by Gasteiger charge is -2.08. The fourth-order valence-electron chi connectivity index (χ4n) is 1.30. The Morgan fingerprint density at radius 1 is 1.54 bits per heavy atom. The van der Waals surface area contributed by atoms with Gasteiger partial charge in [0.15, 0.2) is 0 Å². The maximum Gasteiger partial charge on any atom is 0.0656 e. The van der Waals surface area contributed by atoms with Crippen molar-refractivity contribution in [3.05, 3.63) is 19.9 Å². The van der Waals surface area contributed by atoms with E-state index < -0.39 is 0 Å². The second-order valence-corrected chi connectivity index (χ2v) is 6.09. The van der Waals surface area contributed by atoms with Gasteiger partial charge in [0, 0.05) is 6.04 Å². The molecule has 74 valence electrons. The van der Waals surface area contributed by atoms with Crippen LogP contribution in [0.15, 0.2) is 11.4 Å². The SMILES string of the molecule is CCCCCC(N)c1csc(I)c1. The van der Waals surface area contributed by atoms with Gasteiger partial charge in [0.05, 0.1) is 2.88 Å². The monoisotopic (exact) mass is 309 g/mol. The molecule has 0 saturated heterocycles. The molecule has 1 aromatic rings. The van der Waals surface area contributed by atoms with Gasteiger partial charge in [-0.2, -0.15) is 0 Å². The van der Waals surface area contributed by atoms with E-state index in [4.69, 9.17) is 5.73 Å². The molecule has 0 bridgehead atoms. The molecule has 2 N–H and O–H groups in total. The van der Waals surface area contributed by atoms with Gasteiger partial charge in [0.1, 0.15) is 0 Å². The third kappa shape index (κ3) is 3.95. The zero-order valence-corrected chi connectivity index (χ0v) is 10.9. The van der Waals surface area contributed by atoms with Gasteiger partial charge in [-0.3, -0.25) is 0 Å². The molecule has 1 heterocycles.